The molecule has 0 aliphatic rings. The Kier molecular flexibility index (Phi) is 3.69. The predicted molar refractivity (Wildman–Crippen MR) is 97.6 cm³/mol. The van der Waals surface area contributed by atoms with Gasteiger partial charge in [-0.05, 0) is 29.8 Å². The lowest BCUT2D eigenvalue weighted by Gasteiger charge is -2.08. The van der Waals surface area contributed by atoms with Crippen LogP contribution in [0.15, 0.2) is 66.3 Å². The van der Waals surface area contributed by atoms with Crippen molar-refractivity contribution in [3.05, 3.63) is 71.3 Å². The number of nitrogens with zero attached hydrogens (tertiary/aromatic N) is 2. The quantitative estimate of drug-likeness (QED) is 0.516. The van der Waals surface area contributed by atoms with Crippen LogP contribution in [0.1, 0.15) is 0 Å². The molecule has 0 radical (unpaired) electrons. The van der Waals surface area contributed by atoms with Gasteiger partial charge in [0, 0.05) is 21.7 Å². The number of nitrogens with one attached hydrogen (secondary N) is 1. The minimum Gasteiger partial charge on any atom is -0.340 e. The predicted octanol–water partition coefficient (Wildman–Crippen LogP) is 5.76. The Morgan fingerprint density at radius 1 is 0.913 bits per heavy atom. The summed E-state index contributed by atoms with van der Waals surface area (Å²) in [6.07, 6.45) is 1.59. The number of anilines is 2. The highest BCUT2D eigenvalue weighted by molar-refractivity contribution is 7.17. The van der Waals surface area contributed by atoms with Gasteiger partial charge in [0.05, 0.1) is 5.39 Å². The first-order chi connectivity index (χ1) is 11.3. The third-order valence-electron chi connectivity index (χ3n) is 3.56. The highest BCUT2D eigenvalue weighted by Gasteiger charge is 2.13. The maximum atomic E-state index is 5.95. The second-order valence-electron chi connectivity index (χ2n) is 5.05. The lowest BCUT2D eigenvalue weighted by molar-refractivity contribution is 1.23. The molecule has 3 nitrogen and oxygen atoms in total. The van der Waals surface area contributed by atoms with E-state index in [0.717, 1.165) is 32.8 Å². The molecule has 5 heteroatoms. The molecule has 0 atom stereocenters. The van der Waals surface area contributed by atoms with Gasteiger partial charge in [0.25, 0.3) is 0 Å². The van der Waals surface area contributed by atoms with Crippen LogP contribution in [-0.2, 0) is 0 Å². The van der Waals surface area contributed by atoms with E-state index in [4.69, 9.17) is 11.6 Å². The van der Waals surface area contributed by atoms with Crippen LogP contribution in [0, 0.1) is 0 Å². The van der Waals surface area contributed by atoms with E-state index in [-0.39, 0.29) is 0 Å². The molecule has 0 saturated carbocycles. The van der Waals surface area contributed by atoms with Gasteiger partial charge in [0.1, 0.15) is 17.0 Å². The summed E-state index contributed by atoms with van der Waals surface area (Å²) in [6, 6.07) is 17.9. The number of benzene rings is 2. The van der Waals surface area contributed by atoms with E-state index in [1.807, 2.05) is 42.5 Å². The summed E-state index contributed by atoms with van der Waals surface area (Å²) in [5.74, 6) is 0.803. The van der Waals surface area contributed by atoms with Crippen LogP contribution in [0.4, 0.5) is 11.5 Å². The van der Waals surface area contributed by atoms with Gasteiger partial charge in [-0.1, -0.05) is 41.9 Å². The summed E-state index contributed by atoms with van der Waals surface area (Å²) in [4.78, 5) is 9.79. The summed E-state index contributed by atoms with van der Waals surface area (Å²) in [5.41, 5.74) is 3.25. The first-order valence-corrected chi connectivity index (χ1v) is 8.37. The molecule has 0 unspecified atom stereocenters. The van der Waals surface area contributed by atoms with Crippen molar-refractivity contribution >= 4 is 44.7 Å². The SMILES string of the molecule is Clc1ccc(Nc2ncnc3scc(-c4ccccc4)c23)cc1. The fourth-order valence-electron chi connectivity index (χ4n) is 2.47. The van der Waals surface area contributed by atoms with Crippen molar-refractivity contribution in [2.24, 2.45) is 0 Å². The number of hydrogen-bond donors (Lipinski definition) is 1. The maximum absolute atomic E-state index is 5.95. The van der Waals surface area contributed by atoms with Crippen molar-refractivity contribution in [1.82, 2.24) is 9.97 Å². The van der Waals surface area contributed by atoms with Crippen LogP contribution in [0.5, 0.6) is 0 Å². The highest BCUT2D eigenvalue weighted by Crippen LogP contribution is 2.37. The molecule has 0 aliphatic heterocycles. The van der Waals surface area contributed by atoms with Gasteiger partial charge >= 0.3 is 0 Å². The van der Waals surface area contributed by atoms with Crippen LogP contribution in [-0.4, -0.2) is 9.97 Å². The van der Waals surface area contributed by atoms with Crippen molar-refractivity contribution < 1.29 is 0 Å². The molecule has 2 heterocycles. The number of rotatable bonds is 3. The van der Waals surface area contributed by atoms with E-state index in [2.05, 4.69) is 32.8 Å². The average molecular weight is 338 g/mol. The second kappa shape index (κ2) is 5.99. The van der Waals surface area contributed by atoms with Crippen LogP contribution >= 0.6 is 22.9 Å². The lowest BCUT2D eigenvalue weighted by Crippen LogP contribution is -1.95. The molecule has 2 aromatic heterocycles. The Hall–Kier alpha value is -2.43. The van der Waals surface area contributed by atoms with E-state index in [1.54, 1.807) is 17.7 Å². The molecule has 0 amide bonds. The summed E-state index contributed by atoms with van der Waals surface area (Å²) in [7, 11) is 0. The fraction of sp³-hybridized carbons (Fsp3) is 0. The van der Waals surface area contributed by atoms with E-state index in [0.29, 0.717) is 5.02 Å². The largest absolute Gasteiger partial charge is 0.340 e. The molecule has 0 saturated heterocycles. The number of halogens is 1. The number of hydrogen-bond acceptors (Lipinski definition) is 4. The second-order valence-corrected chi connectivity index (χ2v) is 6.34. The third kappa shape index (κ3) is 2.79. The molecule has 0 fully saturated rings. The van der Waals surface area contributed by atoms with E-state index in [1.165, 1.54) is 0 Å². The molecular formula is C18H12ClN3S. The molecule has 0 spiro atoms. The van der Waals surface area contributed by atoms with E-state index >= 15 is 0 Å². The van der Waals surface area contributed by atoms with Gasteiger partial charge < -0.3 is 5.32 Å². The Bertz CT molecular complexity index is 949. The zero-order valence-electron chi connectivity index (χ0n) is 12.0. The number of aromatic nitrogens is 2. The first kappa shape index (κ1) is 14.2. The first-order valence-electron chi connectivity index (χ1n) is 7.11. The molecule has 2 aromatic carbocycles. The molecule has 4 aromatic rings. The van der Waals surface area contributed by atoms with Gasteiger partial charge in [0.15, 0.2) is 0 Å². The van der Waals surface area contributed by atoms with Gasteiger partial charge in [-0.3, -0.25) is 0 Å². The highest BCUT2D eigenvalue weighted by atomic mass is 35.5. The van der Waals surface area contributed by atoms with Crippen molar-refractivity contribution in [3.8, 4) is 11.1 Å². The summed E-state index contributed by atoms with van der Waals surface area (Å²) in [6.45, 7) is 0. The standard InChI is InChI=1S/C18H12ClN3S/c19-13-6-8-14(9-7-13)22-17-16-15(12-4-2-1-3-5-12)10-23-18(16)21-11-20-17/h1-11H,(H,20,21,22). The van der Waals surface area contributed by atoms with Crippen molar-refractivity contribution in [1.29, 1.82) is 0 Å². The number of thiophene rings is 1. The normalized spacial score (nSPS) is 10.8. The van der Waals surface area contributed by atoms with Crippen LogP contribution in [0.2, 0.25) is 5.02 Å². The summed E-state index contributed by atoms with van der Waals surface area (Å²) >= 11 is 7.57. The smallest absolute Gasteiger partial charge is 0.143 e. The summed E-state index contributed by atoms with van der Waals surface area (Å²) in [5, 5.41) is 7.25. The molecule has 1 N–H and O–H groups in total. The Labute approximate surface area is 142 Å². The van der Waals surface area contributed by atoms with E-state index < -0.39 is 0 Å². The minimum atomic E-state index is 0.712. The van der Waals surface area contributed by atoms with E-state index in [9.17, 15) is 0 Å². The zero-order valence-corrected chi connectivity index (χ0v) is 13.6. The molecule has 0 bridgehead atoms. The topological polar surface area (TPSA) is 37.8 Å². The zero-order chi connectivity index (χ0) is 15.6. The molecule has 112 valence electrons. The molecular weight excluding hydrogens is 326 g/mol. The average Bonchev–Trinajstić information content (AvgIpc) is 3.03. The van der Waals surface area contributed by atoms with Gasteiger partial charge in [-0.15, -0.1) is 11.3 Å². The Balaban J connectivity index is 1.83. The monoisotopic (exact) mass is 337 g/mol. The Morgan fingerprint density at radius 2 is 1.70 bits per heavy atom. The van der Waals surface area contributed by atoms with Gasteiger partial charge in [-0.25, -0.2) is 9.97 Å². The van der Waals surface area contributed by atoms with Gasteiger partial charge in [-0.2, -0.15) is 0 Å². The van der Waals surface area contributed by atoms with Crippen molar-refractivity contribution in [3.63, 3.8) is 0 Å². The lowest BCUT2D eigenvalue weighted by atomic mass is 10.1. The number of fused-ring (bicyclic) bond motifs is 1. The van der Waals surface area contributed by atoms with Crippen molar-refractivity contribution in [2.75, 3.05) is 5.32 Å². The Morgan fingerprint density at radius 3 is 2.48 bits per heavy atom. The van der Waals surface area contributed by atoms with Crippen LogP contribution in [0.3, 0.4) is 0 Å². The fourth-order valence-corrected chi connectivity index (χ4v) is 3.51. The maximum Gasteiger partial charge on any atom is 0.143 e. The van der Waals surface area contributed by atoms with Crippen LogP contribution in [0.25, 0.3) is 21.3 Å². The summed E-state index contributed by atoms with van der Waals surface area (Å²) < 4.78 is 0. The third-order valence-corrected chi connectivity index (χ3v) is 4.70. The van der Waals surface area contributed by atoms with Gasteiger partial charge in [0.2, 0.25) is 0 Å². The molecule has 4 rings (SSSR count). The van der Waals surface area contributed by atoms with Crippen molar-refractivity contribution in [2.45, 2.75) is 0 Å². The van der Waals surface area contributed by atoms with Crippen LogP contribution < -0.4 is 5.32 Å². The molecule has 23 heavy (non-hydrogen) atoms. The minimum absolute atomic E-state index is 0.712. The molecule has 0 aliphatic carbocycles.